The van der Waals surface area contributed by atoms with E-state index < -0.39 is 0 Å². The van der Waals surface area contributed by atoms with Gasteiger partial charge in [0.05, 0.1) is 6.61 Å². The van der Waals surface area contributed by atoms with Crippen molar-refractivity contribution in [2.75, 3.05) is 27.4 Å². The fourth-order valence-corrected chi connectivity index (χ4v) is 2.98. The van der Waals surface area contributed by atoms with Crippen LogP contribution < -0.4 is 10.1 Å². The summed E-state index contributed by atoms with van der Waals surface area (Å²) in [6.07, 6.45) is 0.491. The lowest BCUT2D eigenvalue weighted by Gasteiger charge is -2.21. The number of nitrogens with one attached hydrogen (secondary N) is 1. The fourth-order valence-electron chi connectivity index (χ4n) is 2.98. The van der Waals surface area contributed by atoms with Gasteiger partial charge < -0.3 is 19.7 Å². The number of fused-ring (bicyclic) bond motifs is 1. The molecule has 5 nitrogen and oxygen atoms in total. The van der Waals surface area contributed by atoms with E-state index in [2.05, 4.69) is 10.2 Å². The van der Waals surface area contributed by atoms with Crippen LogP contribution in [0.4, 0.5) is 4.39 Å². The lowest BCUT2D eigenvalue weighted by Crippen LogP contribution is -2.26. The minimum Gasteiger partial charge on any atom is -0.467 e. The predicted molar refractivity (Wildman–Crippen MR) is 96.6 cm³/mol. The van der Waals surface area contributed by atoms with E-state index in [1.807, 2.05) is 38.4 Å². The number of hydrogen-bond acceptors (Lipinski definition) is 4. The first kappa shape index (κ1) is 18.4. The molecular weight excluding hydrogens is 335 g/mol. The molecule has 26 heavy (non-hydrogen) atoms. The number of rotatable bonds is 6. The molecule has 6 heteroatoms. The van der Waals surface area contributed by atoms with Crippen LogP contribution in [0.15, 0.2) is 36.4 Å². The molecule has 0 atom stereocenters. The fraction of sp³-hybridized carbons (Fsp3) is 0.350. The van der Waals surface area contributed by atoms with Crippen molar-refractivity contribution in [2.24, 2.45) is 0 Å². The summed E-state index contributed by atoms with van der Waals surface area (Å²) in [7, 11) is 4.00. The molecule has 2 aromatic rings. The number of ether oxygens (including phenoxy) is 2. The first-order valence-electron chi connectivity index (χ1n) is 8.56. The largest absolute Gasteiger partial charge is 0.467 e. The number of nitrogens with zero attached hydrogens (tertiary/aromatic N) is 1. The van der Waals surface area contributed by atoms with Gasteiger partial charge in [-0.05, 0) is 55.9 Å². The van der Waals surface area contributed by atoms with Gasteiger partial charge in [0.1, 0.15) is 11.6 Å². The maximum Gasteiger partial charge on any atom is 0.251 e. The lowest BCUT2D eigenvalue weighted by molar-refractivity contribution is -0.0172. The van der Waals surface area contributed by atoms with Gasteiger partial charge in [-0.3, -0.25) is 4.79 Å². The smallest absolute Gasteiger partial charge is 0.251 e. The molecule has 0 unspecified atom stereocenters. The summed E-state index contributed by atoms with van der Waals surface area (Å²) in [5, 5.41) is 2.88. The SMILES string of the molecule is CN(C)Cc1ccc(C(=O)NCCc2cc(F)cc3c2OCOC3)cc1. The van der Waals surface area contributed by atoms with Crippen LogP contribution in [0.2, 0.25) is 0 Å². The highest BCUT2D eigenvalue weighted by Gasteiger charge is 2.17. The van der Waals surface area contributed by atoms with Crippen molar-refractivity contribution in [3.8, 4) is 5.75 Å². The van der Waals surface area contributed by atoms with Crippen molar-refractivity contribution in [2.45, 2.75) is 19.6 Å². The number of benzene rings is 2. The van der Waals surface area contributed by atoms with E-state index in [0.29, 0.717) is 36.4 Å². The van der Waals surface area contributed by atoms with Crippen LogP contribution in [0.25, 0.3) is 0 Å². The van der Waals surface area contributed by atoms with E-state index >= 15 is 0 Å². The van der Waals surface area contributed by atoms with Crippen LogP contribution >= 0.6 is 0 Å². The molecule has 0 saturated heterocycles. The molecule has 0 aromatic heterocycles. The third-order valence-electron chi connectivity index (χ3n) is 4.15. The number of hydrogen-bond donors (Lipinski definition) is 1. The molecule has 138 valence electrons. The molecular formula is C20H23FN2O3. The number of halogens is 1. The summed E-state index contributed by atoms with van der Waals surface area (Å²) in [4.78, 5) is 14.3. The molecule has 2 aromatic carbocycles. The first-order chi connectivity index (χ1) is 12.5. The Morgan fingerprint density at radius 3 is 2.73 bits per heavy atom. The molecule has 0 spiro atoms. The van der Waals surface area contributed by atoms with Crippen molar-refractivity contribution >= 4 is 5.91 Å². The van der Waals surface area contributed by atoms with Crippen LogP contribution in [-0.4, -0.2) is 38.2 Å². The molecule has 0 fully saturated rings. The summed E-state index contributed by atoms with van der Waals surface area (Å²) < 4.78 is 24.4. The van der Waals surface area contributed by atoms with Gasteiger partial charge in [0, 0.05) is 24.2 Å². The van der Waals surface area contributed by atoms with Crippen LogP contribution in [0.1, 0.15) is 27.0 Å². The molecule has 1 N–H and O–H groups in total. The molecule has 1 aliphatic rings. The van der Waals surface area contributed by atoms with Crippen LogP contribution in [-0.2, 0) is 24.3 Å². The molecule has 3 rings (SSSR count). The van der Waals surface area contributed by atoms with Gasteiger partial charge in [-0.1, -0.05) is 12.1 Å². The monoisotopic (exact) mass is 358 g/mol. The third-order valence-corrected chi connectivity index (χ3v) is 4.15. The molecule has 1 heterocycles. The molecule has 0 aliphatic carbocycles. The Hall–Kier alpha value is -2.44. The second kappa shape index (κ2) is 8.29. The van der Waals surface area contributed by atoms with E-state index in [9.17, 15) is 9.18 Å². The van der Waals surface area contributed by atoms with Crippen molar-refractivity contribution < 1.29 is 18.7 Å². The van der Waals surface area contributed by atoms with Crippen LogP contribution in [0, 0.1) is 5.82 Å². The van der Waals surface area contributed by atoms with Gasteiger partial charge in [-0.15, -0.1) is 0 Å². The normalized spacial score (nSPS) is 13.2. The van der Waals surface area contributed by atoms with Gasteiger partial charge in [0.15, 0.2) is 6.79 Å². The number of amides is 1. The highest BCUT2D eigenvalue weighted by molar-refractivity contribution is 5.94. The lowest BCUT2D eigenvalue weighted by atomic mass is 10.1. The van der Waals surface area contributed by atoms with E-state index in [1.165, 1.54) is 12.1 Å². The van der Waals surface area contributed by atoms with Gasteiger partial charge in [-0.2, -0.15) is 0 Å². The molecule has 0 saturated carbocycles. The van der Waals surface area contributed by atoms with Crippen LogP contribution in [0.5, 0.6) is 5.75 Å². The van der Waals surface area contributed by atoms with E-state index in [4.69, 9.17) is 9.47 Å². The van der Waals surface area contributed by atoms with E-state index in [-0.39, 0.29) is 18.5 Å². The van der Waals surface area contributed by atoms with Crippen molar-refractivity contribution in [1.82, 2.24) is 10.2 Å². The quantitative estimate of drug-likeness (QED) is 0.863. The average Bonchev–Trinajstić information content (AvgIpc) is 2.61. The minimum atomic E-state index is -0.323. The second-order valence-corrected chi connectivity index (χ2v) is 6.60. The zero-order chi connectivity index (χ0) is 18.5. The Labute approximate surface area is 152 Å². The number of carbonyl (C=O) groups is 1. The standard InChI is InChI=1S/C20H23FN2O3/c1-23(2)11-14-3-5-15(6-4-14)20(24)22-8-7-16-9-18(21)10-17-12-25-13-26-19(16)17/h3-6,9-10H,7-8,11-13H2,1-2H3,(H,22,24). The first-order valence-corrected chi connectivity index (χ1v) is 8.56. The summed E-state index contributed by atoms with van der Waals surface area (Å²) in [5.74, 6) is 0.200. The van der Waals surface area contributed by atoms with Gasteiger partial charge >= 0.3 is 0 Å². The zero-order valence-electron chi connectivity index (χ0n) is 15.0. The molecule has 1 aliphatic heterocycles. The number of carbonyl (C=O) groups excluding carboxylic acids is 1. The summed E-state index contributed by atoms with van der Waals surface area (Å²) in [6.45, 7) is 1.73. The van der Waals surface area contributed by atoms with E-state index in [1.54, 1.807) is 0 Å². The predicted octanol–water partition coefficient (Wildman–Crippen LogP) is 2.73. The Morgan fingerprint density at radius 1 is 1.23 bits per heavy atom. The van der Waals surface area contributed by atoms with Crippen LogP contribution in [0.3, 0.4) is 0 Å². The van der Waals surface area contributed by atoms with E-state index in [0.717, 1.165) is 17.7 Å². The highest BCUT2D eigenvalue weighted by atomic mass is 19.1. The average molecular weight is 358 g/mol. The topological polar surface area (TPSA) is 50.8 Å². The Morgan fingerprint density at radius 2 is 2.00 bits per heavy atom. The molecule has 1 amide bonds. The van der Waals surface area contributed by atoms with Crippen molar-refractivity contribution in [1.29, 1.82) is 0 Å². The molecule has 0 radical (unpaired) electrons. The maximum atomic E-state index is 13.7. The second-order valence-electron chi connectivity index (χ2n) is 6.60. The molecule has 0 bridgehead atoms. The summed E-state index contributed by atoms with van der Waals surface area (Å²) >= 11 is 0. The maximum absolute atomic E-state index is 13.7. The van der Waals surface area contributed by atoms with Crippen molar-refractivity contribution in [3.63, 3.8) is 0 Å². The summed E-state index contributed by atoms with van der Waals surface area (Å²) in [6, 6.07) is 10.4. The highest BCUT2D eigenvalue weighted by Crippen LogP contribution is 2.29. The van der Waals surface area contributed by atoms with Gasteiger partial charge in [0.25, 0.3) is 5.91 Å². The Balaban J connectivity index is 1.58. The van der Waals surface area contributed by atoms with Crippen molar-refractivity contribution in [3.05, 3.63) is 64.5 Å². The third kappa shape index (κ3) is 4.59. The summed E-state index contributed by atoms with van der Waals surface area (Å²) in [5.41, 5.74) is 3.20. The Bertz CT molecular complexity index is 775. The zero-order valence-corrected chi connectivity index (χ0v) is 15.0. The van der Waals surface area contributed by atoms with Gasteiger partial charge in [-0.25, -0.2) is 4.39 Å². The minimum absolute atomic E-state index is 0.143. The van der Waals surface area contributed by atoms with Gasteiger partial charge in [0.2, 0.25) is 0 Å². The Kier molecular flexibility index (Phi) is 5.85.